The predicted molar refractivity (Wildman–Crippen MR) is 405 cm³/mol. The number of unbranched alkanes of at least 4 members (excludes halogenated alkanes) is 49. The van der Waals surface area contributed by atoms with Crippen molar-refractivity contribution in [3.05, 3.63) is 0 Å². The van der Waals surface area contributed by atoms with Crippen LogP contribution in [0.25, 0.3) is 0 Å². The second kappa shape index (κ2) is 71.7. The lowest BCUT2D eigenvalue weighted by Crippen LogP contribution is -2.30. The number of hydrogen-bond acceptors (Lipinski definition) is 15. The van der Waals surface area contributed by atoms with Crippen LogP contribution in [-0.2, 0) is 65.4 Å². The van der Waals surface area contributed by atoms with E-state index in [4.69, 9.17) is 37.0 Å². The molecule has 0 amide bonds. The van der Waals surface area contributed by atoms with Gasteiger partial charge in [0, 0.05) is 25.7 Å². The molecule has 2 unspecified atom stereocenters. The number of rotatable bonds is 79. The molecule has 588 valence electrons. The summed E-state index contributed by atoms with van der Waals surface area (Å²) in [6, 6.07) is 0. The van der Waals surface area contributed by atoms with Crippen LogP contribution < -0.4 is 0 Å². The molecule has 0 rings (SSSR count). The van der Waals surface area contributed by atoms with Gasteiger partial charge in [0.2, 0.25) is 0 Å². The molecule has 0 saturated heterocycles. The normalized spacial score (nSPS) is 13.9. The van der Waals surface area contributed by atoms with Crippen LogP contribution >= 0.6 is 15.6 Å². The second-order valence-corrected chi connectivity index (χ2v) is 32.7. The fraction of sp³-hybridized carbons (Fsp3) is 0.950. The summed E-state index contributed by atoms with van der Waals surface area (Å²) in [5.41, 5.74) is 0. The molecular weight excluding hydrogens is 1290 g/mol. The van der Waals surface area contributed by atoms with Gasteiger partial charge < -0.3 is 33.8 Å². The van der Waals surface area contributed by atoms with Gasteiger partial charge in [0.15, 0.2) is 12.2 Å². The summed E-state index contributed by atoms with van der Waals surface area (Å²) in [4.78, 5) is 72.9. The molecule has 0 heterocycles. The molecule has 0 bridgehead atoms. The molecule has 99 heavy (non-hydrogen) atoms. The van der Waals surface area contributed by atoms with Gasteiger partial charge >= 0.3 is 39.5 Å². The topological polar surface area (TPSA) is 237 Å². The van der Waals surface area contributed by atoms with E-state index in [9.17, 15) is 43.2 Å². The lowest BCUT2D eigenvalue weighted by atomic mass is 10.0. The number of ether oxygens (including phenoxy) is 4. The number of phosphoric ester groups is 2. The van der Waals surface area contributed by atoms with Crippen LogP contribution in [0.4, 0.5) is 0 Å². The Bertz CT molecular complexity index is 1910. The Morgan fingerprint density at radius 3 is 0.687 bits per heavy atom. The number of carbonyl (C=O) groups is 4. The zero-order valence-corrected chi connectivity index (χ0v) is 66.6. The first-order valence-corrected chi connectivity index (χ1v) is 44.5. The molecule has 0 aliphatic carbocycles. The van der Waals surface area contributed by atoms with Gasteiger partial charge in [0.05, 0.1) is 26.4 Å². The lowest BCUT2D eigenvalue weighted by Gasteiger charge is -2.21. The van der Waals surface area contributed by atoms with E-state index in [1.807, 2.05) is 0 Å². The van der Waals surface area contributed by atoms with Gasteiger partial charge in [0.1, 0.15) is 19.3 Å². The Balaban J connectivity index is 5.21. The van der Waals surface area contributed by atoms with Crippen molar-refractivity contribution in [2.45, 2.75) is 439 Å². The highest BCUT2D eigenvalue weighted by atomic mass is 31.2. The molecule has 0 spiro atoms. The van der Waals surface area contributed by atoms with Crippen molar-refractivity contribution in [1.82, 2.24) is 0 Å². The largest absolute Gasteiger partial charge is 0.472 e. The standard InChI is InChI=1S/C80H156O17P2/c1-7-9-11-13-15-17-19-21-23-25-26-27-28-29-31-33-35-37-46-52-58-64-79(84)96-75(68-90-77(82)62-56-50-44-36-34-32-30-24-22-20-18-16-14-12-10-8-2)70-94-98(86,87)92-66-74(81)67-93-99(88,89)95-71-76(97-80(85)65-59-53-47-41-39-43-49-55-61-73(5)6)69-91-78(83)63-57-51-45-40-38-42-48-54-60-72(3)4/h72-76,81H,7-71H2,1-6H3,(H,86,87)(H,88,89)/t74-,75-,76-/m1/s1. The SMILES string of the molecule is CCCCCCCCCCCCCCCCCCCCCCCC(=O)O[C@H](COC(=O)CCCCCCCCCCCCCCCCCC)COP(=O)(O)OC[C@@H](O)COP(=O)(O)OC[C@@H](COC(=O)CCCCCCCCCCC(C)C)OC(=O)CCCCCCCCCCC(C)C. The Hall–Kier alpha value is -1.94. The van der Waals surface area contributed by atoms with E-state index >= 15 is 0 Å². The fourth-order valence-electron chi connectivity index (χ4n) is 12.4. The molecule has 5 atom stereocenters. The molecule has 17 nitrogen and oxygen atoms in total. The minimum absolute atomic E-state index is 0.104. The van der Waals surface area contributed by atoms with E-state index in [1.165, 1.54) is 238 Å². The van der Waals surface area contributed by atoms with Crippen molar-refractivity contribution in [2.24, 2.45) is 11.8 Å². The number of phosphoric acid groups is 2. The van der Waals surface area contributed by atoms with Crippen molar-refractivity contribution in [3.8, 4) is 0 Å². The van der Waals surface area contributed by atoms with Gasteiger partial charge in [-0.25, -0.2) is 9.13 Å². The lowest BCUT2D eigenvalue weighted by molar-refractivity contribution is -0.161. The Kier molecular flexibility index (Phi) is 70.3. The van der Waals surface area contributed by atoms with Crippen molar-refractivity contribution in [2.75, 3.05) is 39.6 Å². The molecule has 0 radical (unpaired) electrons. The van der Waals surface area contributed by atoms with E-state index in [0.717, 1.165) is 102 Å². The second-order valence-electron chi connectivity index (χ2n) is 29.8. The number of aliphatic hydroxyl groups is 1. The first kappa shape index (κ1) is 97.1. The van der Waals surface area contributed by atoms with E-state index in [0.29, 0.717) is 25.7 Å². The average molecular weight is 1450 g/mol. The van der Waals surface area contributed by atoms with E-state index in [1.54, 1.807) is 0 Å². The number of esters is 4. The third-order valence-electron chi connectivity index (χ3n) is 18.7. The molecular formula is C80H156O17P2. The van der Waals surface area contributed by atoms with Gasteiger partial charge in [-0.1, -0.05) is 369 Å². The van der Waals surface area contributed by atoms with E-state index < -0.39 is 97.5 Å². The van der Waals surface area contributed by atoms with Gasteiger partial charge in [-0.15, -0.1) is 0 Å². The molecule has 0 aromatic heterocycles. The molecule has 19 heteroatoms. The first-order valence-electron chi connectivity index (χ1n) is 41.5. The molecule has 0 aromatic rings. The summed E-state index contributed by atoms with van der Waals surface area (Å²) < 4.78 is 68.6. The monoisotopic (exact) mass is 1450 g/mol. The maximum absolute atomic E-state index is 13.1. The van der Waals surface area contributed by atoms with Crippen LogP contribution in [0.2, 0.25) is 0 Å². The molecule has 3 N–H and O–H groups in total. The highest BCUT2D eigenvalue weighted by Crippen LogP contribution is 2.45. The third-order valence-corrected chi connectivity index (χ3v) is 20.6. The van der Waals surface area contributed by atoms with Crippen molar-refractivity contribution in [1.29, 1.82) is 0 Å². The molecule has 0 saturated carbocycles. The fourth-order valence-corrected chi connectivity index (χ4v) is 13.9. The smallest absolute Gasteiger partial charge is 0.462 e. The van der Waals surface area contributed by atoms with E-state index in [2.05, 4.69) is 41.5 Å². The first-order chi connectivity index (χ1) is 47.9. The van der Waals surface area contributed by atoms with Crippen molar-refractivity contribution >= 4 is 39.5 Å². The van der Waals surface area contributed by atoms with E-state index in [-0.39, 0.29) is 25.7 Å². The minimum Gasteiger partial charge on any atom is -0.462 e. The van der Waals surface area contributed by atoms with Crippen LogP contribution in [0.1, 0.15) is 420 Å². The Labute approximate surface area is 607 Å². The third kappa shape index (κ3) is 74.1. The summed E-state index contributed by atoms with van der Waals surface area (Å²) in [5, 5.41) is 10.6. The van der Waals surface area contributed by atoms with Crippen molar-refractivity contribution in [3.63, 3.8) is 0 Å². The summed E-state index contributed by atoms with van der Waals surface area (Å²) >= 11 is 0. The zero-order chi connectivity index (χ0) is 72.8. The summed E-state index contributed by atoms with van der Waals surface area (Å²) in [7, 11) is -9.92. The number of hydrogen-bond donors (Lipinski definition) is 3. The number of carbonyl (C=O) groups excluding carboxylic acids is 4. The maximum atomic E-state index is 13.1. The Morgan fingerprint density at radius 1 is 0.273 bits per heavy atom. The van der Waals surface area contributed by atoms with Gasteiger partial charge in [-0.3, -0.25) is 37.3 Å². The van der Waals surface area contributed by atoms with Crippen LogP contribution in [0, 0.1) is 11.8 Å². The van der Waals surface area contributed by atoms with Gasteiger partial charge in [-0.05, 0) is 37.5 Å². The molecule has 0 aliphatic heterocycles. The minimum atomic E-state index is -4.96. The summed E-state index contributed by atoms with van der Waals surface area (Å²) in [6.07, 6.45) is 61.3. The van der Waals surface area contributed by atoms with Crippen LogP contribution in [0.15, 0.2) is 0 Å². The Morgan fingerprint density at radius 2 is 0.465 bits per heavy atom. The van der Waals surface area contributed by atoms with Crippen LogP contribution in [0.3, 0.4) is 0 Å². The van der Waals surface area contributed by atoms with Crippen LogP contribution in [0.5, 0.6) is 0 Å². The predicted octanol–water partition coefficient (Wildman–Crippen LogP) is 23.9. The average Bonchev–Trinajstić information content (AvgIpc) is 1.06. The highest BCUT2D eigenvalue weighted by molar-refractivity contribution is 7.47. The summed E-state index contributed by atoms with van der Waals surface area (Å²) in [5.74, 6) is -0.669. The molecule has 0 fully saturated rings. The molecule has 0 aromatic carbocycles. The summed E-state index contributed by atoms with van der Waals surface area (Å²) in [6.45, 7) is 9.54. The van der Waals surface area contributed by atoms with Crippen molar-refractivity contribution < 1.29 is 80.2 Å². The highest BCUT2D eigenvalue weighted by Gasteiger charge is 2.30. The van der Waals surface area contributed by atoms with Gasteiger partial charge in [-0.2, -0.15) is 0 Å². The maximum Gasteiger partial charge on any atom is 0.472 e. The number of aliphatic hydroxyl groups excluding tert-OH is 1. The molecule has 0 aliphatic rings. The van der Waals surface area contributed by atoms with Gasteiger partial charge in [0.25, 0.3) is 0 Å². The van der Waals surface area contributed by atoms with Crippen LogP contribution in [-0.4, -0.2) is 96.7 Å². The zero-order valence-electron chi connectivity index (χ0n) is 64.8. The quantitative estimate of drug-likeness (QED) is 0.0222.